The molecular weight excluding hydrogens is 523 g/mol. The van der Waals surface area contributed by atoms with Gasteiger partial charge in [0, 0.05) is 27.9 Å². The first-order chi connectivity index (χ1) is 16.8. The number of imidazole rings is 1. The molecule has 1 aliphatic heterocycles. The third-order valence-electron chi connectivity index (χ3n) is 5.75. The Morgan fingerprint density at radius 2 is 1.83 bits per heavy atom. The highest BCUT2D eigenvalue weighted by atomic mass is 79.9. The number of fused-ring (bicyclic) bond motifs is 4. The van der Waals surface area contributed by atoms with Gasteiger partial charge < -0.3 is 20.7 Å². The standard InChI is InChI=1S/C25H17BrF3N5O/c26-18-12-15(25(27,28)29)13-19-22(18)33-24(32-19)31-16-5-7-17(8-6-16)35-20-3-1-2-14-4-9-21-30-10-11-34(21)23(14)20/h1-13,24,31-33H. The summed E-state index contributed by atoms with van der Waals surface area (Å²) in [5, 5.41) is 10.4. The maximum atomic E-state index is 13.1. The number of rotatable bonds is 4. The zero-order valence-corrected chi connectivity index (χ0v) is 19.5. The third kappa shape index (κ3) is 3.99. The molecule has 0 aliphatic carbocycles. The van der Waals surface area contributed by atoms with Gasteiger partial charge >= 0.3 is 6.18 Å². The number of ether oxygens (including phenoxy) is 1. The van der Waals surface area contributed by atoms with Crippen LogP contribution in [0.1, 0.15) is 5.56 Å². The molecule has 0 bridgehead atoms. The predicted octanol–water partition coefficient (Wildman–Crippen LogP) is 7.29. The number of aromatic nitrogens is 2. The van der Waals surface area contributed by atoms with Crippen LogP contribution in [0.3, 0.4) is 0 Å². The second-order valence-corrected chi connectivity index (χ2v) is 8.91. The van der Waals surface area contributed by atoms with Crippen molar-refractivity contribution in [2.45, 2.75) is 12.5 Å². The predicted molar refractivity (Wildman–Crippen MR) is 133 cm³/mol. The maximum Gasteiger partial charge on any atom is 0.416 e. The van der Waals surface area contributed by atoms with Crippen LogP contribution in [0.5, 0.6) is 11.5 Å². The Morgan fingerprint density at radius 1 is 1.00 bits per heavy atom. The molecule has 0 radical (unpaired) electrons. The lowest BCUT2D eigenvalue weighted by atomic mass is 10.2. The molecule has 1 unspecified atom stereocenters. The van der Waals surface area contributed by atoms with E-state index in [0.29, 0.717) is 27.3 Å². The van der Waals surface area contributed by atoms with E-state index in [-0.39, 0.29) is 0 Å². The molecule has 3 heterocycles. The van der Waals surface area contributed by atoms with Crippen molar-refractivity contribution in [2.75, 3.05) is 16.0 Å². The lowest BCUT2D eigenvalue weighted by Crippen LogP contribution is -2.31. The van der Waals surface area contributed by atoms with Crippen LogP contribution in [0.2, 0.25) is 0 Å². The monoisotopic (exact) mass is 539 g/mol. The fourth-order valence-electron chi connectivity index (χ4n) is 4.16. The molecule has 0 amide bonds. The Morgan fingerprint density at radius 3 is 2.63 bits per heavy atom. The summed E-state index contributed by atoms with van der Waals surface area (Å²) >= 11 is 3.22. The molecule has 1 aliphatic rings. The molecule has 3 N–H and O–H groups in total. The third-order valence-corrected chi connectivity index (χ3v) is 6.38. The van der Waals surface area contributed by atoms with Crippen LogP contribution in [-0.4, -0.2) is 15.7 Å². The molecule has 5 aromatic rings. The van der Waals surface area contributed by atoms with E-state index < -0.39 is 18.0 Å². The minimum Gasteiger partial charge on any atom is -0.455 e. The maximum absolute atomic E-state index is 13.1. The lowest BCUT2D eigenvalue weighted by Gasteiger charge is -2.16. The van der Waals surface area contributed by atoms with Crippen LogP contribution in [0.25, 0.3) is 16.6 Å². The minimum atomic E-state index is -4.42. The van der Waals surface area contributed by atoms with Crippen LogP contribution in [0, 0.1) is 0 Å². The second-order valence-electron chi connectivity index (χ2n) is 8.05. The van der Waals surface area contributed by atoms with Crippen molar-refractivity contribution in [3.05, 3.63) is 89.2 Å². The van der Waals surface area contributed by atoms with Gasteiger partial charge in [0.15, 0.2) is 12.0 Å². The Balaban J connectivity index is 1.19. The summed E-state index contributed by atoms with van der Waals surface area (Å²) in [6, 6.07) is 19.3. The molecule has 6 rings (SSSR count). The number of pyridine rings is 1. The highest BCUT2D eigenvalue weighted by Gasteiger charge is 2.34. The van der Waals surface area contributed by atoms with E-state index in [0.717, 1.165) is 34.4 Å². The highest BCUT2D eigenvalue weighted by Crippen LogP contribution is 2.42. The molecule has 2 aromatic heterocycles. The first-order valence-electron chi connectivity index (χ1n) is 10.7. The summed E-state index contributed by atoms with van der Waals surface area (Å²) in [6.45, 7) is 0. The summed E-state index contributed by atoms with van der Waals surface area (Å²) in [6.07, 6.45) is -1.26. The molecule has 1 atom stereocenters. The SMILES string of the molecule is FC(F)(F)c1cc(Br)c2c(c1)NC(Nc1ccc(Oc3cccc4ccc5nccn5c34)cc1)N2. The van der Waals surface area contributed by atoms with Crippen molar-refractivity contribution in [1.82, 2.24) is 9.38 Å². The summed E-state index contributed by atoms with van der Waals surface area (Å²) in [5.41, 5.74) is 2.73. The number of para-hydroxylation sites is 1. The molecule has 176 valence electrons. The molecule has 0 saturated heterocycles. The molecule has 3 aromatic carbocycles. The Kier molecular flexibility index (Phi) is 4.99. The summed E-state index contributed by atoms with van der Waals surface area (Å²) in [5.74, 6) is 1.35. The number of hydrogen-bond acceptors (Lipinski definition) is 5. The van der Waals surface area contributed by atoms with E-state index in [4.69, 9.17) is 4.74 Å². The molecule has 0 saturated carbocycles. The van der Waals surface area contributed by atoms with E-state index in [9.17, 15) is 13.2 Å². The number of alkyl halides is 3. The topological polar surface area (TPSA) is 62.6 Å². The molecule has 0 spiro atoms. The smallest absolute Gasteiger partial charge is 0.416 e. The van der Waals surface area contributed by atoms with Crippen molar-refractivity contribution < 1.29 is 17.9 Å². The van der Waals surface area contributed by atoms with E-state index in [2.05, 4.69) is 36.9 Å². The Hall–Kier alpha value is -3.92. The van der Waals surface area contributed by atoms with Crippen LogP contribution in [-0.2, 0) is 6.18 Å². The van der Waals surface area contributed by atoms with E-state index >= 15 is 0 Å². The van der Waals surface area contributed by atoms with Crippen molar-refractivity contribution in [3.63, 3.8) is 0 Å². The van der Waals surface area contributed by atoms with Crippen molar-refractivity contribution in [1.29, 1.82) is 0 Å². The zero-order chi connectivity index (χ0) is 24.2. The van der Waals surface area contributed by atoms with Gasteiger partial charge in [0.25, 0.3) is 0 Å². The van der Waals surface area contributed by atoms with Gasteiger partial charge in [-0.25, -0.2) is 4.98 Å². The van der Waals surface area contributed by atoms with Gasteiger partial charge in [-0.15, -0.1) is 0 Å². The van der Waals surface area contributed by atoms with E-state index in [1.807, 2.05) is 65.2 Å². The van der Waals surface area contributed by atoms with Gasteiger partial charge in [-0.3, -0.25) is 4.40 Å². The normalized spacial score (nSPS) is 15.0. The summed E-state index contributed by atoms with van der Waals surface area (Å²) in [7, 11) is 0. The Labute approximate surface area is 205 Å². The average molecular weight is 540 g/mol. The van der Waals surface area contributed by atoms with Gasteiger partial charge in [-0.1, -0.05) is 12.1 Å². The average Bonchev–Trinajstić information content (AvgIpc) is 3.47. The quantitative estimate of drug-likeness (QED) is 0.224. The molecule has 35 heavy (non-hydrogen) atoms. The lowest BCUT2D eigenvalue weighted by molar-refractivity contribution is -0.137. The van der Waals surface area contributed by atoms with Gasteiger partial charge in [0.05, 0.1) is 22.5 Å². The minimum absolute atomic E-state index is 0.338. The number of hydrogen-bond donors (Lipinski definition) is 3. The van der Waals surface area contributed by atoms with Gasteiger partial charge in [0.1, 0.15) is 11.4 Å². The van der Waals surface area contributed by atoms with Crippen LogP contribution in [0.15, 0.2) is 83.6 Å². The largest absolute Gasteiger partial charge is 0.455 e. The van der Waals surface area contributed by atoms with E-state index in [1.165, 1.54) is 0 Å². The van der Waals surface area contributed by atoms with Gasteiger partial charge in [-0.05, 0) is 70.5 Å². The van der Waals surface area contributed by atoms with Crippen LogP contribution >= 0.6 is 15.9 Å². The second kappa shape index (κ2) is 8.09. The van der Waals surface area contributed by atoms with Gasteiger partial charge in [0.2, 0.25) is 0 Å². The van der Waals surface area contributed by atoms with E-state index in [1.54, 1.807) is 6.20 Å². The molecule has 10 heteroatoms. The fraction of sp³-hybridized carbons (Fsp3) is 0.0800. The zero-order valence-electron chi connectivity index (χ0n) is 17.9. The molecular formula is C25H17BrF3N5O. The molecule has 0 fully saturated rings. The number of anilines is 3. The number of nitrogens with zero attached hydrogens (tertiary/aromatic N) is 2. The fourth-order valence-corrected chi connectivity index (χ4v) is 4.73. The summed E-state index contributed by atoms with van der Waals surface area (Å²) in [4.78, 5) is 4.34. The highest BCUT2D eigenvalue weighted by molar-refractivity contribution is 9.10. The van der Waals surface area contributed by atoms with Crippen molar-refractivity contribution in [3.8, 4) is 11.5 Å². The van der Waals surface area contributed by atoms with Gasteiger partial charge in [-0.2, -0.15) is 13.2 Å². The van der Waals surface area contributed by atoms with Crippen molar-refractivity contribution in [2.24, 2.45) is 0 Å². The first-order valence-corrected chi connectivity index (χ1v) is 11.5. The summed E-state index contributed by atoms with van der Waals surface area (Å²) < 4.78 is 47.9. The number of halogens is 4. The van der Waals surface area contributed by atoms with Crippen molar-refractivity contribution >= 4 is 49.5 Å². The Bertz CT molecular complexity index is 1570. The van der Waals surface area contributed by atoms with Crippen LogP contribution < -0.4 is 20.7 Å². The van der Waals surface area contributed by atoms with Crippen LogP contribution in [0.4, 0.5) is 30.2 Å². The molecule has 6 nitrogen and oxygen atoms in total. The number of benzene rings is 3. The first kappa shape index (κ1) is 21.6. The number of nitrogens with one attached hydrogen (secondary N) is 3.